The summed E-state index contributed by atoms with van der Waals surface area (Å²) in [5, 5.41) is 2.04. The van der Waals surface area contributed by atoms with E-state index in [9.17, 15) is 18.4 Å². The number of halogens is 2. The van der Waals surface area contributed by atoms with Crippen LogP contribution in [-0.2, 0) is 9.59 Å². The molecule has 1 amide bonds. The van der Waals surface area contributed by atoms with Gasteiger partial charge in [-0.05, 0) is 6.42 Å². The molecule has 0 aromatic heterocycles. The first-order chi connectivity index (χ1) is 8.36. The maximum Gasteiger partial charge on any atom is 0.327 e. The van der Waals surface area contributed by atoms with Crippen LogP contribution in [0.5, 0.6) is 0 Å². The lowest BCUT2D eigenvalue weighted by Gasteiger charge is -2.21. The molecule has 18 heavy (non-hydrogen) atoms. The first-order valence-corrected chi connectivity index (χ1v) is 5.75. The Balaban J connectivity index is 4.40. The van der Waals surface area contributed by atoms with Gasteiger partial charge < -0.3 is 5.32 Å². The van der Waals surface area contributed by atoms with Crippen molar-refractivity contribution in [3.8, 4) is 0 Å². The standard InChI is InChI=1S/C13H19F2NO2/c1-4-6-7-11(17)9-10(3)13(14,15)12(18)16-8-5-2/h4-5,10H,1-2,6-9H2,3H3,(H,16,18). The van der Waals surface area contributed by atoms with Gasteiger partial charge in [0.05, 0.1) is 0 Å². The van der Waals surface area contributed by atoms with E-state index in [1.54, 1.807) is 6.08 Å². The molecule has 0 aromatic rings. The van der Waals surface area contributed by atoms with Crippen molar-refractivity contribution in [1.82, 2.24) is 5.32 Å². The molecule has 0 aromatic carbocycles. The lowest BCUT2D eigenvalue weighted by Crippen LogP contribution is -2.45. The minimum Gasteiger partial charge on any atom is -0.347 e. The van der Waals surface area contributed by atoms with Gasteiger partial charge in [-0.2, -0.15) is 8.78 Å². The zero-order valence-electron chi connectivity index (χ0n) is 10.5. The molecule has 1 atom stereocenters. The fourth-order valence-electron chi connectivity index (χ4n) is 1.34. The number of carbonyl (C=O) groups is 2. The van der Waals surface area contributed by atoms with Crippen LogP contribution in [0, 0.1) is 5.92 Å². The molecule has 1 unspecified atom stereocenters. The number of Topliss-reactive ketones (excluding diaryl/α,β-unsaturated/α-hetero) is 1. The van der Waals surface area contributed by atoms with Crippen molar-refractivity contribution in [2.75, 3.05) is 6.54 Å². The Kier molecular flexibility index (Phi) is 7.08. The molecule has 0 saturated heterocycles. The van der Waals surface area contributed by atoms with E-state index in [-0.39, 0.29) is 25.2 Å². The van der Waals surface area contributed by atoms with Gasteiger partial charge in [0.25, 0.3) is 5.91 Å². The second kappa shape index (κ2) is 7.74. The average molecular weight is 259 g/mol. The summed E-state index contributed by atoms with van der Waals surface area (Å²) < 4.78 is 27.2. The largest absolute Gasteiger partial charge is 0.347 e. The van der Waals surface area contributed by atoms with E-state index >= 15 is 0 Å². The predicted octanol–water partition coefficient (Wildman–Crippen LogP) is 2.49. The van der Waals surface area contributed by atoms with Crippen LogP contribution < -0.4 is 5.32 Å². The van der Waals surface area contributed by atoms with Gasteiger partial charge in [-0.3, -0.25) is 9.59 Å². The van der Waals surface area contributed by atoms with E-state index in [2.05, 4.69) is 13.2 Å². The van der Waals surface area contributed by atoms with Gasteiger partial charge in [-0.15, -0.1) is 13.2 Å². The number of carbonyl (C=O) groups excluding carboxylic acids is 2. The number of alkyl halides is 2. The van der Waals surface area contributed by atoms with Crippen LogP contribution in [0.15, 0.2) is 25.3 Å². The van der Waals surface area contributed by atoms with Gasteiger partial charge in [0, 0.05) is 25.3 Å². The number of ketones is 1. The SMILES string of the molecule is C=CCCC(=O)CC(C)C(F)(F)C(=O)NCC=C. The number of hydrogen-bond donors (Lipinski definition) is 1. The van der Waals surface area contributed by atoms with Crippen LogP contribution >= 0.6 is 0 Å². The average Bonchev–Trinajstić information content (AvgIpc) is 2.32. The van der Waals surface area contributed by atoms with Gasteiger partial charge in [0.1, 0.15) is 5.78 Å². The van der Waals surface area contributed by atoms with Gasteiger partial charge in [-0.1, -0.05) is 19.1 Å². The highest BCUT2D eigenvalue weighted by molar-refractivity contribution is 5.85. The summed E-state index contributed by atoms with van der Waals surface area (Å²) in [6.45, 7) is 7.94. The van der Waals surface area contributed by atoms with Crippen molar-refractivity contribution >= 4 is 11.7 Å². The zero-order chi connectivity index (χ0) is 14.2. The highest BCUT2D eigenvalue weighted by Crippen LogP contribution is 2.28. The minimum absolute atomic E-state index is 0.0223. The number of nitrogens with one attached hydrogen (secondary N) is 1. The Labute approximate surface area is 106 Å². The first kappa shape index (κ1) is 16.5. The lowest BCUT2D eigenvalue weighted by molar-refractivity contribution is -0.154. The van der Waals surface area contributed by atoms with E-state index in [1.165, 1.54) is 13.0 Å². The van der Waals surface area contributed by atoms with Crippen molar-refractivity contribution < 1.29 is 18.4 Å². The summed E-state index contributed by atoms with van der Waals surface area (Å²) >= 11 is 0. The summed E-state index contributed by atoms with van der Waals surface area (Å²) in [5.41, 5.74) is 0. The molecule has 1 N–H and O–H groups in total. The normalized spacial score (nSPS) is 12.6. The summed E-state index contributed by atoms with van der Waals surface area (Å²) in [5.74, 6) is -6.53. The molecule has 0 spiro atoms. The third kappa shape index (κ3) is 5.21. The molecule has 5 heteroatoms. The van der Waals surface area contributed by atoms with E-state index in [4.69, 9.17) is 0 Å². The minimum atomic E-state index is -3.55. The second-order valence-corrected chi connectivity index (χ2v) is 4.09. The van der Waals surface area contributed by atoms with Gasteiger partial charge in [0.2, 0.25) is 0 Å². The van der Waals surface area contributed by atoms with E-state index < -0.39 is 17.7 Å². The van der Waals surface area contributed by atoms with Crippen LogP contribution in [-0.4, -0.2) is 24.2 Å². The van der Waals surface area contributed by atoms with Crippen LogP contribution in [0.1, 0.15) is 26.2 Å². The quantitative estimate of drug-likeness (QED) is 0.647. The zero-order valence-corrected chi connectivity index (χ0v) is 10.5. The highest BCUT2D eigenvalue weighted by Gasteiger charge is 2.44. The second-order valence-electron chi connectivity index (χ2n) is 4.09. The van der Waals surface area contributed by atoms with E-state index in [1.807, 2.05) is 5.32 Å². The Morgan fingerprint density at radius 2 is 1.94 bits per heavy atom. The Bertz CT molecular complexity index is 327. The molecule has 0 aliphatic rings. The van der Waals surface area contributed by atoms with Gasteiger partial charge in [-0.25, -0.2) is 0 Å². The topological polar surface area (TPSA) is 46.2 Å². The molecule has 3 nitrogen and oxygen atoms in total. The smallest absolute Gasteiger partial charge is 0.327 e. The summed E-state index contributed by atoms with van der Waals surface area (Å²) in [6, 6.07) is 0. The number of allylic oxidation sites excluding steroid dienone is 1. The maximum atomic E-state index is 13.6. The number of amides is 1. The molecule has 102 valence electrons. The lowest BCUT2D eigenvalue weighted by atomic mass is 9.95. The third-order valence-corrected chi connectivity index (χ3v) is 2.49. The monoisotopic (exact) mass is 259 g/mol. The molecule has 0 bridgehead atoms. The predicted molar refractivity (Wildman–Crippen MR) is 66.4 cm³/mol. The van der Waals surface area contributed by atoms with Crippen molar-refractivity contribution in [2.45, 2.75) is 32.1 Å². The van der Waals surface area contributed by atoms with Crippen molar-refractivity contribution in [3.63, 3.8) is 0 Å². The Hall–Kier alpha value is -1.52. The first-order valence-electron chi connectivity index (χ1n) is 5.75. The number of rotatable bonds is 9. The van der Waals surface area contributed by atoms with Crippen molar-refractivity contribution in [1.29, 1.82) is 0 Å². The summed E-state index contributed by atoms with van der Waals surface area (Å²) in [6.07, 6.45) is 3.19. The van der Waals surface area contributed by atoms with Crippen LogP contribution in [0.25, 0.3) is 0 Å². The molecule has 0 saturated carbocycles. The van der Waals surface area contributed by atoms with Gasteiger partial charge >= 0.3 is 5.92 Å². The fraction of sp³-hybridized carbons (Fsp3) is 0.538. The molecule has 0 fully saturated rings. The van der Waals surface area contributed by atoms with Crippen molar-refractivity contribution in [3.05, 3.63) is 25.3 Å². The van der Waals surface area contributed by atoms with E-state index in [0.29, 0.717) is 6.42 Å². The molecule has 0 aliphatic carbocycles. The molecule has 0 radical (unpaired) electrons. The Morgan fingerprint density at radius 1 is 1.33 bits per heavy atom. The molecule has 0 heterocycles. The van der Waals surface area contributed by atoms with Gasteiger partial charge in [0.15, 0.2) is 0 Å². The fourth-order valence-corrected chi connectivity index (χ4v) is 1.34. The number of hydrogen-bond acceptors (Lipinski definition) is 2. The van der Waals surface area contributed by atoms with E-state index in [0.717, 1.165) is 0 Å². The van der Waals surface area contributed by atoms with Crippen molar-refractivity contribution in [2.24, 2.45) is 5.92 Å². The molecule has 0 aliphatic heterocycles. The van der Waals surface area contributed by atoms with Crippen LogP contribution in [0.4, 0.5) is 8.78 Å². The third-order valence-electron chi connectivity index (χ3n) is 2.49. The van der Waals surface area contributed by atoms with Crippen LogP contribution in [0.2, 0.25) is 0 Å². The van der Waals surface area contributed by atoms with Crippen LogP contribution in [0.3, 0.4) is 0 Å². The maximum absolute atomic E-state index is 13.6. The highest BCUT2D eigenvalue weighted by atomic mass is 19.3. The molecular weight excluding hydrogens is 240 g/mol. The molecule has 0 rings (SSSR count). The summed E-state index contributed by atoms with van der Waals surface area (Å²) in [7, 11) is 0. The Morgan fingerprint density at radius 3 is 2.44 bits per heavy atom. The molecular formula is C13H19F2NO2. The summed E-state index contributed by atoms with van der Waals surface area (Å²) in [4.78, 5) is 22.6.